The lowest BCUT2D eigenvalue weighted by atomic mass is 10.1. The zero-order chi connectivity index (χ0) is 25.2. The standard InChI is InChI=1S/C33H25NO2P/c35-32-29-21-11-12-22-30(29)33(36)34(32)31-23-13-10-14-25(31)24-37(26-15-4-1-5-16-26,27-17-6-2-7-18-27)28-19-8-3-9-20-28/h1-23H,24H2/q+1. The number of carbonyl (C=O) groups excluding carboxylic acids is 2. The van der Waals surface area contributed by atoms with Crippen LogP contribution in [0.15, 0.2) is 140 Å². The molecule has 5 aromatic rings. The molecule has 2 amide bonds. The molecule has 1 aliphatic heterocycles. The van der Waals surface area contributed by atoms with Crippen LogP contribution in [0.4, 0.5) is 5.69 Å². The fourth-order valence-electron chi connectivity index (χ4n) is 5.29. The maximum Gasteiger partial charge on any atom is 0.266 e. The third kappa shape index (κ3) is 3.89. The van der Waals surface area contributed by atoms with Gasteiger partial charge in [-0.3, -0.25) is 9.59 Å². The summed E-state index contributed by atoms with van der Waals surface area (Å²) in [6, 6.07) is 46.8. The Bertz CT molecular complexity index is 1450. The lowest BCUT2D eigenvalue weighted by molar-refractivity contribution is 0.0926. The molecule has 0 saturated heterocycles. The van der Waals surface area contributed by atoms with Gasteiger partial charge in [-0.2, -0.15) is 0 Å². The number of fused-ring (bicyclic) bond motifs is 1. The van der Waals surface area contributed by atoms with E-state index in [-0.39, 0.29) is 11.8 Å². The first-order valence-electron chi connectivity index (χ1n) is 12.3. The van der Waals surface area contributed by atoms with Crippen molar-refractivity contribution >= 4 is 40.7 Å². The van der Waals surface area contributed by atoms with Crippen molar-refractivity contribution in [2.45, 2.75) is 6.16 Å². The number of amides is 2. The van der Waals surface area contributed by atoms with Crippen LogP contribution in [0.2, 0.25) is 0 Å². The summed E-state index contributed by atoms with van der Waals surface area (Å²) in [5.74, 6) is -0.535. The van der Waals surface area contributed by atoms with Crippen LogP contribution in [-0.4, -0.2) is 11.8 Å². The first kappa shape index (κ1) is 23.1. The van der Waals surface area contributed by atoms with Gasteiger partial charge in [0.15, 0.2) is 0 Å². The predicted molar refractivity (Wildman–Crippen MR) is 153 cm³/mol. The van der Waals surface area contributed by atoms with Crippen LogP contribution in [-0.2, 0) is 6.16 Å². The van der Waals surface area contributed by atoms with E-state index in [2.05, 4.69) is 78.9 Å². The molecule has 4 heteroatoms. The minimum absolute atomic E-state index is 0.267. The van der Waals surface area contributed by atoms with Crippen molar-refractivity contribution in [1.82, 2.24) is 0 Å². The normalized spacial score (nSPS) is 13.0. The Morgan fingerprint density at radius 3 is 1.30 bits per heavy atom. The molecule has 0 atom stereocenters. The highest BCUT2D eigenvalue weighted by atomic mass is 31.2. The van der Waals surface area contributed by atoms with E-state index in [0.717, 1.165) is 5.56 Å². The summed E-state index contributed by atoms with van der Waals surface area (Å²) < 4.78 is 0. The summed E-state index contributed by atoms with van der Waals surface area (Å²) in [4.78, 5) is 28.3. The van der Waals surface area contributed by atoms with Crippen LogP contribution in [0, 0.1) is 0 Å². The number of anilines is 1. The van der Waals surface area contributed by atoms with Crippen LogP contribution >= 0.6 is 7.26 Å². The van der Waals surface area contributed by atoms with Gasteiger partial charge in [-0.15, -0.1) is 0 Å². The van der Waals surface area contributed by atoms with E-state index in [4.69, 9.17) is 0 Å². The van der Waals surface area contributed by atoms with Gasteiger partial charge >= 0.3 is 0 Å². The number of nitrogens with zero attached hydrogens (tertiary/aromatic N) is 1. The highest BCUT2D eigenvalue weighted by Gasteiger charge is 2.47. The molecule has 0 radical (unpaired) electrons. The first-order valence-corrected chi connectivity index (χ1v) is 14.3. The molecule has 0 fully saturated rings. The fraction of sp³-hybridized carbons (Fsp3) is 0.0303. The molecule has 37 heavy (non-hydrogen) atoms. The molecular formula is C33H25NO2P+. The zero-order valence-electron chi connectivity index (χ0n) is 20.2. The minimum Gasteiger partial charge on any atom is -0.268 e. The van der Waals surface area contributed by atoms with Crippen LogP contribution in [0.25, 0.3) is 0 Å². The highest BCUT2D eigenvalue weighted by Crippen LogP contribution is 2.59. The quantitative estimate of drug-likeness (QED) is 0.213. The SMILES string of the molecule is O=C1c2ccccc2C(=O)N1c1ccccc1C[P+](c1ccccc1)(c1ccccc1)c1ccccc1. The maximum absolute atomic E-state index is 13.4. The van der Waals surface area contributed by atoms with Gasteiger partial charge in [0.1, 0.15) is 29.3 Å². The zero-order valence-corrected chi connectivity index (χ0v) is 21.1. The number of hydrogen-bond donors (Lipinski definition) is 0. The lowest BCUT2D eigenvalue weighted by Gasteiger charge is -2.29. The Hall–Kier alpha value is -4.33. The molecule has 0 bridgehead atoms. The van der Waals surface area contributed by atoms with E-state index < -0.39 is 7.26 Å². The van der Waals surface area contributed by atoms with E-state index in [1.807, 2.05) is 36.4 Å². The summed E-state index contributed by atoms with van der Waals surface area (Å²) in [6.07, 6.45) is 0.675. The first-order chi connectivity index (χ1) is 18.2. The van der Waals surface area contributed by atoms with Gasteiger partial charge in [-0.05, 0) is 54.6 Å². The molecular weight excluding hydrogens is 473 g/mol. The van der Waals surface area contributed by atoms with Gasteiger partial charge in [0.05, 0.1) is 16.8 Å². The molecule has 0 saturated carbocycles. The van der Waals surface area contributed by atoms with Gasteiger partial charge < -0.3 is 0 Å². The Morgan fingerprint density at radius 2 is 0.838 bits per heavy atom. The molecule has 0 aliphatic carbocycles. The molecule has 178 valence electrons. The molecule has 3 nitrogen and oxygen atoms in total. The van der Waals surface area contributed by atoms with Gasteiger partial charge in [0.2, 0.25) is 0 Å². The smallest absolute Gasteiger partial charge is 0.266 e. The van der Waals surface area contributed by atoms with Gasteiger partial charge in [-0.25, -0.2) is 4.90 Å². The Kier molecular flexibility index (Phi) is 6.00. The average Bonchev–Trinajstić information content (AvgIpc) is 3.23. The van der Waals surface area contributed by atoms with Crippen molar-refractivity contribution in [3.8, 4) is 0 Å². The second kappa shape index (κ2) is 9.61. The van der Waals surface area contributed by atoms with E-state index in [0.29, 0.717) is 23.0 Å². The summed E-state index contributed by atoms with van der Waals surface area (Å²) >= 11 is 0. The van der Waals surface area contributed by atoms with Crippen molar-refractivity contribution in [2.24, 2.45) is 0 Å². The summed E-state index contributed by atoms with van der Waals surface area (Å²) in [5.41, 5.74) is 2.54. The molecule has 6 rings (SSSR count). The van der Waals surface area contributed by atoms with Gasteiger partial charge in [0.25, 0.3) is 11.8 Å². The second-order valence-corrected chi connectivity index (χ2v) is 12.6. The average molecular weight is 499 g/mol. The molecule has 5 aromatic carbocycles. The van der Waals surface area contributed by atoms with E-state index in [9.17, 15) is 9.59 Å². The Labute approximate surface area is 217 Å². The van der Waals surface area contributed by atoms with Crippen LogP contribution < -0.4 is 20.8 Å². The second-order valence-electron chi connectivity index (χ2n) is 9.09. The van der Waals surface area contributed by atoms with Crippen molar-refractivity contribution in [3.05, 3.63) is 156 Å². The van der Waals surface area contributed by atoms with E-state index in [1.165, 1.54) is 20.8 Å². The van der Waals surface area contributed by atoms with E-state index >= 15 is 0 Å². The number of rotatable bonds is 6. The number of hydrogen-bond acceptors (Lipinski definition) is 2. The molecule has 0 unspecified atom stereocenters. The Morgan fingerprint density at radius 1 is 0.459 bits per heavy atom. The van der Waals surface area contributed by atoms with Crippen LogP contribution in [0.5, 0.6) is 0 Å². The summed E-state index contributed by atoms with van der Waals surface area (Å²) in [6.45, 7) is 0. The van der Waals surface area contributed by atoms with Gasteiger partial charge in [0, 0.05) is 5.56 Å². The van der Waals surface area contributed by atoms with Crippen LogP contribution in [0.1, 0.15) is 26.3 Å². The summed E-state index contributed by atoms with van der Waals surface area (Å²) in [5, 5.41) is 3.76. The third-order valence-electron chi connectivity index (χ3n) is 7.02. The fourth-order valence-corrected chi connectivity index (χ4v) is 9.56. The maximum atomic E-state index is 13.4. The molecule has 1 aliphatic rings. The molecule has 0 N–H and O–H groups in total. The monoisotopic (exact) mass is 498 g/mol. The number of para-hydroxylation sites is 1. The van der Waals surface area contributed by atoms with Crippen molar-refractivity contribution in [2.75, 3.05) is 4.90 Å². The minimum atomic E-state index is -2.20. The molecule has 0 aromatic heterocycles. The van der Waals surface area contributed by atoms with E-state index in [1.54, 1.807) is 24.3 Å². The number of imide groups is 1. The largest absolute Gasteiger partial charge is 0.268 e. The topological polar surface area (TPSA) is 37.4 Å². The molecule has 1 heterocycles. The number of carbonyl (C=O) groups is 2. The van der Waals surface area contributed by atoms with Crippen LogP contribution in [0.3, 0.4) is 0 Å². The lowest BCUT2D eigenvalue weighted by Crippen LogP contribution is -2.34. The van der Waals surface area contributed by atoms with Crippen molar-refractivity contribution in [3.63, 3.8) is 0 Å². The highest BCUT2D eigenvalue weighted by molar-refractivity contribution is 7.95. The third-order valence-corrected chi connectivity index (χ3v) is 11.4. The predicted octanol–water partition coefficient (Wildman–Crippen LogP) is 5.98. The summed E-state index contributed by atoms with van der Waals surface area (Å²) in [7, 11) is -2.20. The van der Waals surface area contributed by atoms with Gasteiger partial charge in [-0.1, -0.05) is 84.9 Å². The van der Waals surface area contributed by atoms with Crippen molar-refractivity contribution < 1.29 is 9.59 Å². The number of benzene rings is 5. The van der Waals surface area contributed by atoms with Crippen molar-refractivity contribution in [1.29, 1.82) is 0 Å². The molecule has 0 spiro atoms. The Balaban J connectivity index is 1.57.